The van der Waals surface area contributed by atoms with Crippen LogP contribution in [-0.2, 0) is 14.3 Å². The van der Waals surface area contributed by atoms with Crippen LogP contribution >= 0.6 is 11.6 Å². The predicted molar refractivity (Wildman–Crippen MR) is 176 cm³/mol. The minimum absolute atomic E-state index is 0.0204. The molecule has 5 rings (SSSR count). The number of rotatable bonds is 9. The number of amides is 3. The van der Waals surface area contributed by atoms with E-state index in [0.29, 0.717) is 58.3 Å². The van der Waals surface area contributed by atoms with Gasteiger partial charge in [0, 0.05) is 35.4 Å². The number of H-pyrrole nitrogens is 1. The van der Waals surface area contributed by atoms with E-state index in [2.05, 4.69) is 41.1 Å². The van der Waals surface area contributed by atoms with Crippen molar-refractivity contribution in [3.63, 3.8) is 0 Å². The Morgan fingerprint density at radius 2 is 1.88 bits per heavy atom. The molecule has 0 spiro atoms. The van der Waals surface area contributed by atoms with Crippen LogP contribution in [0.2, 0.25) is 5.02 Å². The van der Waals surface area contributed by atoms with Crippen molar-refractivity contribution in [2.75, 3.05) is 25.5 Å². The van der Waals surface area contributed by atoms with Crippen LogP contribution in [0.4, 0.5) is 15.3 Å². The van der Waals surface area contributed by atoms with E-state index in [9.17, 15) is 19.2 Å². The van der Waals surface area contributed by atoms with E-state index >= 15 is 0 Å². The van der Waals surface area contributed by atoms with Crippen LogP contribution in [0.3, 0.4) is 0 Å². The molecule has 3 heterocycles. The number of likely N-dealkylation sites (tertiary alicyclic amines) is 1. The first-order valence-electron chi connectivity index (χ1n) is 14.9. The summed E-state index contributed by atoms with van der Waals surface area (Å²) in [5.41, 5.74) is 1.93. The number of ether oxygens (including phenoxy) is 2. The maximum atomic E-state index is 13.4. The fraction of sp³-hybridized carbons (Fsp3) is 0.312. The number of methoxy groups -OCH3 is 1. The van der Waals surface area contributed by atoms with Gasteiger partial charge in [-0.25, -0.2) is 14.7 Å². The molecule has 3 amide bonds. The number of nitrogens with zero attached hydrogens (tertiary/aromatic N) is 6. The Hall–Kier alpha value is -5.57. The second-order valence-corrected chi connectivity index (χ2v) is 12.5. The van der Waals surface area contributed by atoms with Gasteiger partial charge in [-0.2, -0.15) is 9.78 Å². The number of nitrogens with one attached hydrogen (secondary N) is 3. The number of hydrogen-bond donors (Lipinski definition) is 3. The SMILES string of the molecule is COC(=O)Nc1ccc(-c2cc(C(CC3CN(C(=O)OC(C)(C)C)C3)NC(=O)C=Cc3cc(Cl)ccc3-n3cnnn3)n[nH]c2=O)cc1. The molecule has 1 aliphatic heterocycles. The van der Waals surface area contributed by atoms with Crippen molar-refractivity contribution in [1.29, 1.82) is 0 Å². The summed E-state index contributed by atoms with van der Waals surface area (Å²) in [6.07, 6.45) is 3.78. The molecule has 1 atom stereocenters. The van der Waals surface area contributed by atoms with Crippen LogP contribution < -0.4 is 16.2 Å². The molecule has 1 unspecified atom stereocenters. The smallest absolute Gasteiger partial charge is 0.411 e. The maximum Gasteiger partial charge on any atom is 0.411 e. The second-order valence-electron chi connectivity index (χ2n) is 12.1. The topological polar surface area (TPSA) is 186 Å². The number of tetrazole rings is 1. The number of benzene rings is 2. The van der Waals surface area contributed by atoms with Crippen LogP contribution in [0.5, 0.6) is 0 Å². The molecule has 48 heavy (non-hydrogen) atoms. The minimum Gasteiger partial charge on any atom is -0.453 e. The average molecular weight is 676 g/mol. The van der Waals surface area contributed by atoms with Crippen molar-refractivity contribution in [3.05, 3.63) is 87.6 Å². The first kappa shape index (κ1) is 33.8. The summed E-state index contributed by atoms with van der Waals surface area (Å²) in [4.78, 5) is 51.9. The van der Waals surface area contributed by atoms with Gasteiger partial charge in [0.15, 0.2) is 0 Å². The Morgan fingerprint density at radius 1 is 1.12 bits per heavy atom. The number of anilines is 1. The Kier molecular flexibility index (Phi) is 10.2. The van der Waals surface area contributed by atoms with Gasteiger partial charge in [0.25, 0.3) is 5.56 Å². The fourth-order valence-electron chi connectivity index (χ4n) is 5.02. The lowest BCUT2D eigenvalue weighted by Gasteiger charge is -2.41. The highest BCUT2D eigenvalue weighted by Crippen LogP contribution is 2.30. The molecule has 0 aliphatic carbocycles. The van der Waals surface area contributed by atoms with E-state index in [4.69, 9.17) is 16.3 Å². The van der Waals surface area contributed by atoms with Gasteiger partial charge in [-0.05, 0) is 91.6 Å². The maximum absolute atomic E-state index is 13.4. The third-order valence-electron chi connectivity index (χ3n) is 7.30. The van der Waals surface area contributed by atoms with Gasteiger partial charge in [0.05, 0.1) is 30.1 Å². The molecule has 2 aromatic carbocycles. The fourth-order valence-corrected chi connectivity index (χ4v) is 5.20. The first-order chi connectivity index (χ1) is 22.9. The third kappa shape index (κ3) is 8.61. The minimum atomic E-state index is -0.637. The highest BCUT2D eigenvalue weighted by atomic mass is 35.5. The summed E-state index contributed by atoms with van der Waals surface area (Å²) in [5, 5.41) is 24.1. The van der Waals surface area contributed by atoms with Gasteiger partial charge < -0.3 is 19.7 Å². The number of carbonyl (C=O) groups excluding carboxylic acids is 3. The van der Waals surface area contributed by atoms with Crippen molar-refractivity contribution in [2.24, 2.45) is 5.92 Å². The quantitative estimate of drug-likeness (QED) is 0.215. The first-order valence-corrected chi connectivity index (χ1v) is 15.3. The number of aromatic nitrogens is 6. The molecule has 2 aromatic heterocycles. The molecule has 1 aliphatic rings. The van der Waals surface area contributed by atoms with E-state index in [1.54, 1.807) is 80.3 Å². The molecular formula is C32H34ClN9O6. The summed E-state index contributed by atoms with van der Waals surface area (Å²) in [5.74, 6) is -0.411. The Labute approximate surface area is 280 Å². The van der Waals surface area contributed by atoms with Gasteiger partial charge in [-0.15, -0.1) is 5.10 Å². The lowest BCUT2D eigenvalue weighted by atomic mass is 9.90. The highest BCUT2D eigenvalue weighted by Gasteiger charge is 2.36. The summed E-state index contributed by atoms with van der Waals surface area (Å²) in [7, 11) is 1.26. The zero-order chi connectivity index (χ0) is 34.4. The zero-order valence-corrected chi connectivity index (χ0v) is 27.4. The van der Waals surface area contributed by atoms with Crippen molar-refractivity contribution in [1.82, 2.24) is 40.6 Å². The molecule has 1 fully saturated rings. The molecular weight excluding hydrogens is 642 g/mol. The number of halogens is 1. The van der Waals surface area contributed by atoms with E-state index in [0.717, 1.165) is 0 Å². The van der Waals surface area contributed by atoms with E-state index in [1.807, 2.05) is 0 Å². The normalized spacial score (nSPS) is 13.9. The molecule has 4 aromatic rings. The number of aromatic amines is 1. The number of carbonyl (C=O) groups is 3. The van der Waals surface area contributed by atoms with Crippen LogP contribution in [0.1, 0.15) is 44.5 Å². The van der Waals surface area contributed by atoms with E-state index < -0.39 is 35.3 Å². The molecule has 0 radical (unpaired) electrons. The third-order valence-corrected chi connectivity index (χ3v) is 7.54. The Bertz CT molecular complexity index is 1860. The standard InChI is InChI=1S/C32H34ClN9O6/c1-32(2,3)48-31(46)41-16-19(17-41)13-25(36-28(43)12-7-21-14-22(33)8-11-27(21)42-18-34-39-40-42)26-15-24(29(44)38-37-26)20-5-9-23(10-6-20)35-30(45)47-4/h5-12,14-15,18-19,25H,13,16-17H2,1-4H3,(H,35,45)(H,36,43)(H,38,44). The van der Waals surface area contributed by atoms with Gasteiger partial charge >= 0.3 is 12.2 Å². The molecule has 250 valence electrons. The van der Waals surface area contributed by atoms with Crippen molar-refractivity contribution in [3.8, 4) is 16.8 Å². The lowest BCUT2D eigenvalue weighted by molar-refractivity contribution is -0.117. The van der Waals surface area contributed by atoms with Crippen molar-refractivity contribution < 1.29 is 23.9 Å². The summed E-state index contributed by atoms with van der Waals surface area (Å²) < 4.78 is 11.6. The summed E-state index contributed by atoms with van der Waals surface area (Å²) >= 11 is 6.23. The van der Waals surface area contributed by atoms with Gasteiger partial charge in [0.2, 0.25) is 5.91 Å². The monoisotopic (exact) mass is 675 g/mol. The molecule has 1 saturated heterocycles. The second kappa shape index (κ2) is 14.5. The highest BCUT2D eigenvalue weighted by molar-refractivity contribution is 6.30. The number of hydrogen-bond acceptors (Lipinski definition) is 10. The summed E-state index contributed by atoms with van der Waals surface area (Å²) in [6, 6.07) is 12.7. The van der Waals surface area contributed by atoms with Crippen LogP contribution in [0.25, 0.3) is 22.9 Å². The largest absolute Gasteiger partial charge is 0.453 e. The van der Waals surface area contributed by atoms with Crippen molar-refractivity contribution in [2.45, 2.75) is 38.8 Å². The average Bonchev–Trinajstić information content (AvgIpc) is 3.56. The lowest BCUT2D eigenvalue weighted by Crippen LogP contribution is -2.52. The molecule has 15 nitrogen and oxygen atoms in total. The summed E-state index contributed by atoms with van der Waals surface area (Å²) in [6.45, 7) is 6.27. The van der Waals surface area contributed by atoms with Crippen LogP contribution in [-0.4, -0.2) is 79.2 Å². The van der Waals surface area contributed by atoms with Crippen molar-refractivity contribution >= 4 is 41.5 Å². The molecule has 0 saturated carbocycles. The zero-order valence-electron chi connectivity index (χ0n) is 26.6. The van der Waals surface area contributed by atoms with Gasteiger partial charge in [-0.1, -0.05) is 23.7 Å². The van der Waals surface area contributed by atoms with Gasteiger partial charge in [0.1, 0.15) is 11.9 Å². The van der Waals surface area contributed by atoms with E-state index in [1.165, 1.54) is 24.2 Å². The van der Waals surface area contributed by atoms with Crippen LogP contribution in [0, 0.1) is 5.92 Å². The Balaban J connectivity index is 1.38. The van der Waals surface area contributed by atoms with Crippen LogP contribution in [0.15, 0.2) is 65.7 Å². The molecule has 3 N–H and O–H groups in total. The molecule has 16 heteroatoms. The molecule has 0 bridgehead atoms. The van der Waals surface area contributed by atoms with Gasteiger partial charge in [-0.3, -0.25) is 14.9 Å². The Morgan fingerprint density at radius 3 is 2.54 bits per heavy atom. The van der Waals surface area contributed by atoms with E-state index in [-0.39, 0.29) is 5.92 Å². The predicted octanol–water partition coefficient (Wildman–Crippen LogP) is 4.37.